The van der Waals surface area contributed by atoms with E-state index in [-0.39, 0.29) is 11.4 Å². The van der Waals surface area contributed by atoms with Crippen molar-refractivity contribution in [3.05, 3.63) is 17.1 Å². The van der Waals surface area contributed by atoms with Gasteiger partial charge in [0.2, 0.25) is 5.91 Å². The first-order chi connectivity index (χ1) is 13.5. The van der Waals surface area contributed by atoms with Crippen LogP contribution >= 0.6 is 0 Å². The molecular weight excluding hydrogens is 350 g/mol. The first kappa shape index (κ1) is 19.6. The van der Waals surface area contributed by atoms with Crippen LogP contribution in [0.15, 0.2) is 0 Å². The topological polar surface area (TPSA) is 61.4 Å². The molecule has 1 aliphatic heterocycles. The van der Waals surface area contributed by atoms with Crippen molar-refractivity contribution in [3.8, 4) is 0 Å². The van der Waals surface area contributed by atoms with Gasteiger partial charge in [0.05, 0.1) is 0 Å². The molecule has 3 aliphatic rings. The van der Waals surface area contributed by atoms with Crippen LogP contribution in [-0.4, -0.2) is 60.0 Å². The van der Waals surface area contributed by atoms with E-state index in [1.54, 1.807) is 0 Å². The normalized spacial score (nSPS) is 21.5. The van der Waals surface area contributed by atoms with Crippen molar-refractivity contribution >= 4 is 11.7 Å². The summed E-state index contributed by atoms with van der Waals surface area (Å²) in [4.78, 5) is 26.5. The molecule has 0 spiro atoms. The smallest absolute Gasteiger partial charge is 0.221 e. The highest BCUT2D eigenvalue weighted by Crippen LogP contribution is 2.47. The van der Waals surface area contributed by atoms with Gasteiger partial charge in [0, 0.05) is 42.9 Å². The third-order valence-corrected chi connectivity index (χ3v) is 6.81. The Hall–Kier alpha value is -1.69. The van der Waals surface area contributed by atoms with Crippen molar-refractivity contribution in [3.63, 3.8) is 0 Å². The number of aromatic nitrogens is 2. The summed E-state index contributed by atoms with van der Waals surface area (Å²) >= 11 is 0. The van der Waals surface area contributed by atoms with E-state index >= 15 is 0 Å². The van der Waals surface area contributed by atoms with Gasteiger partial charge in [0.25, 0.3) is 0 Å². The van der Waals surface area contributed by atoms with Crippen LogP contribution in [0.25, 0.3) is 0 Å². The fourth-order valence-electron chi connectivity index (χ4n) is 5.04. The van der Waals surface area contributed by atoms with Crippen LogP contribution in [0.5, 0.6) is 0 Å². The van der Waals surface area contributed by atoms with Crippen LogP contribution in [0.1, 0.15) is 62.0 Å². The zero-order valence-electron chi connectivity index (χ0n) is 17.8. The Kier molecular flexibility index (Phi) is 5.59. The molecule has 28 heavy (non-hydrogen) atoms. The Bertz CT molecular complexity index is 720. The van der Waals surface area contributed by atoms with E-state index in [1.807, 2.05) is 21.0 Å². The second-order valence-corrected chi connectivity index (χ2v) is 9.25. The van der Waals surface area contributed by atoms with E-state index < -0.39 is 0 Å². The molecule has 4 rings (SSSR count). The largest absolute Gasteiger partial charge is 0.356 e. The highest BCUT2D eigenvalue weighted by atomic mass is 16.1. The average Bonchev–Trinajstić information content (AvgIpc) is 3.46. The zero-order chi connectivity index (χ0) is 19.7. The van der Waals surface area contributed by atoms with Crippen LogP contribution in [0.2, 0.25) is 0 Å². The third kappa shape index (κ3) is 4.17. The zero-order valence-corrected chi connectivity index (χ0v) is 17.8. The van der Waals surface area contributed by atoms with Gasteiger partial charge < -0.3 is 15.1 Å². The van der Waals surface area contributed by atoms with Gasteiger partial charge in [-0.2, -0.15) is 0 Å². The number of nitrogens with zero attached hydrogens (tertiary/aromatic N) is 4. The molecule has 1 N–H and O–H groups in total. The average molecular weight is 386 g/mol. The Morgan fingerprint density at radius 2 is 1.89 bits per heavy atom. The number of hydrogen-bond acceptors (Lipinski definition) is 5. The number of nitrogens with one attached hydrogen (secondary N) is 1. The van der Waals surface area contributed by atoms with Gasteiger partial charge in [-0.25, -0.2) is 9.97 Å². The Morgan fingerprint density at radius 1 is 1.18 bits per heavy atom. The Labute approximate surface area is 169 Å². The van der Waals surface area contributed by atoms with Gasteiger partial charge in [0.1, 0.15) is 11.6 Å². The molecule has 2 heterocycles. The van der Waals surface area contributed by atoms with Crippen molar-refractivity contribution in [2.24, 2.45) is 5.92 Å². The molecule has 1 saturated heterocycles. The molecule has 6 heteroatoms. The number of anilines is 1. The minimum Gasteiger partial charge on any atom is -0.356 e. The number of piperidine rings is 1. The summed E-state index contributed by atoms with van der Waals surface area (Å²) in [5.74, 6) is 2.92. The maximum Gasteiger partial charge on any atom is 0.221 e. The predicted molar refractivity (Wildman–Crippen MR) is 112 cm³/mol. The predicted octanol–water partition coefficient (Wildman–Crippen LogP) is 2.48. The van der Waals surface area contributed by atoms with Crippen LogP contribution in [-0.2, 0) is 17.6 Å². The van der Waals surface area contributed by atoms with Crippen LogP contribution in [0.3, 0.4) is 0 Å². The third-order valence-electron chi connectivity index (χ3n) is 6.81. The van der Waals surface area contributed by atoms with Crippen molar-refractivity contribution in [1.82, 2.24) is 20.2 Å². The molecule has 0 atom stereocenters. The standard InChI is InChI=1S/C22H35N5O/c1-16-23-19-7-5-4-6-18(19)21(24-16)27-14-8-17(9-15-27)22(11-12-22)25-20(28)10-13-26(2)3/h17H,4-15H2,1-3H3,(H,25,28). The number of carbonyl (C=O) groups excluding carboxylic acids is 1. The van der Waals surface area contributed by atoms with Crippen molar-refractivity contribution in [2.45, 2.75) is 70.3 Å². The van der Waals surface area contributed by atoms with Crippen LogP contribution < -0.4 is 10.2 Å². The summed E-state index contributed by atoms with van der Waals surface area (Å²) in [6, 6.07) is 0. The Morgan fingerprint density at radius 3 is 2.57 bits per heavy atom. The molecule has 2 aliphatic carbocycles. The molecule has 1 amide bonds. The fraction of sp³-hybridized carbons (Fsp3) is 0.773. The lowest BCUT2D eigenvalue weighted by atomic mass is 9.86. The summed E-state index contributed by atoms with van der Waals surface area (Å²) in [5.41, 5.74) is 2.76. The van der Waals surface area contributed by atoms with E-state index in [0.717, 1.165) is 64.0 Å². The summed E-state index contributed by atoms with van der Waals surface area (Å²) < 4.78 is 0. The lowest BCUT2D eigenvalue weighted by molar-refractivity contribution is -0.122. The first-order valence-electron chi connectivity index (χ1n) is 11.0. The number of amides is 1. The van der Waals surface area contributed by atoms with Gasteiger partial charge in [-0.1, -0.05) is 0 Å². The van der Waals surface area contributed by atoms with E-state index in [2.05, 4.69) is 15.1 Å². The van der Waals surface area contributed by atoms with Gasteiger partial charge in [-0.3, -0.25) is 4.79 Å². The number of aryl methyl sites for hydroxylation is 2. The lowest BCUT2D eigenvalue weighted by Crippen LogP contribution is -2.48. The molecule has 0 radical (unpaired) electrons. The molecule has 154 valence electrons. The molecule has 6 nitrogen and oxygen atoms in total. The molecule has 1 aromatic heterocycles. The van der Waals surface area contributed by atoms with E-state index in [4.69, 9.17) is 9.97 Å². The monoisotopic (exact) mass is 385 g/mol. The lowest BCUT2D eigenvalue weighted by Gasteiger charge is -2.38. The van der Waals surface area contributed by atoms with E-state index in [0.29, 0.717) is 12.3 Å². The first-order valence-corrected chi connectivity index (χ1v) is 11.0. The molecule has 1 aromatic rings. The number of rotatable bonds is 6. The van der Waals surface area contributed by atoms with E-state index in [9.17, 15) is 4.79 Å². The van der Waals surface area contributed by atoms with E-state index in [1.165, 1.54) is 29.9 Å². The summed E-state index contributed by atoms with van der Waals surface area (Å²) in [6.07, 6.45) is 9.91. The fourth-order valence-corrected chi connectivity index (χ4v) is 5.04. The highest BCUT2D eigenvalue weighted by Gasteiger charge is 2.50. The minimum absolute atomic E-state index is 0.0799. The quantitative estimate of drug-likeness (QED) is 0.815. The number of carbonyl (C=O) groups is 1. The van der Waals surface area contributed by atoms with Gasteiger partial charge in [0.15, 0.2) is 0 Å². The molecule has 1 saturated carbocycles. The SMILES string of the molecule is Cc1nc2c(c(N3CCC(C4(NC(=O)CCN(C)C)CC4)CC3)n1)CCCC2. The maximum absolute atomic E-state index is 12.4. The molecule has 0 aromatic carbocycles. The number of fused-ring (bicyclic) bond motifs is 1. The second kappa shape index (κ2) is 7.97. The van der Waals surface area contributed by atoms with Gasteiger partial charge in [-0.15, -0.1) is 0 Å². The van der Waals surface area contributed by atoms with Gasteiger partial charge >= 0.3 is 0 Å². The maximum atomic E-state index is 12.4. The summed E-state index contributed by atoms with van der Waals surface area (Å²) in [5, 5.41) is 3.40. The summed E-state index contributed by atoms with van der Waals surface area (Å²) in [6.45, 7) is 4.93. The highest BCUT2D eigenvalue weighted by molar-refractivity contribution is 5.77. The van der Waals surface area contributed by atoms with Crippen molar-refractivity contribution in [1.29, 1.82) is 0 Å². The van der Waals surface area contributed by atoms with Crippen molar-refractivity contribution < 1.29 is 4.79 Å². The molecular formula is C22H35N5O. The molecule has 2 fully saturated rings. The minimum atomic E-state index is 0.0799. The van der Waals surface area contributed by atoms with Gasteiger partial charge in [-0.05, 0) is 78.3 Å². The summed E-state index contributed by atoms with van der Waals surface area (Å²) in [7, 11) is 4.03. The van der Waals surface area contributed by atoms with Crippen molar-refractivity contribution in [2.75, 3.05) is 38.6 Å². The van der Waals surface area contributed by atoms with Crippen LogP contribution in [0, 0.1) is 12.8 Å². The number of hydrogen-bond donors (Lipinski definition) is 1. The van der Waals surface area contributed by atoms with Crippen LogP contribution in [0.4, 0.5) is 5.82 Å². The molecule has 0 bridgehead atoms. The molecule has 0 unspecified atom stereocenters. The Balaban J connectivity index is 1.38. The second-order valence-electron chi connectivity index (χ2n) is 9.25.